The molecule has 2 aromatic rings. The van der Waals surface area contributed by atoms with Gasteiger partial charge in [-0.25, -0.2) is 0 Å². The normalized spacial score (nSPS) is 12.2. The number of rotatable bonds is 4. The molecule has 0 amide bonds. The highest BCUT2D eigenvalue weighted by atomic mass is 79.9. The van der Waals surface area contributed by atoms with Crippen LogP contribution in [0.3, 0.4) is 0 Å². The number of nitrogens with two attached hydrogens (primary N) is 1. The van der Waals surface area contributed by atoms with E-state index in [1.807, 2.05) is 43.3 Å². The molecule has 0 spiro atoms. The zero-order valence-corrected chi connectivity index (χ0v) is 14.1. The third-order valence-electron chi connectivity index (χ3n) is 3.09. The van der Waals surface area contributed by atoms with Crippen LogP contribution in [0.2, 0.25) is 10.0 Å². The van der Waals surface area contributed by atoms with Crippen LogP contribution in [0.1, 0.15) is 17.2 Å². The van der Waals surface area contributed by atoms with E-state index in [1.54, 1.807) is 0 Å². The first kappa shape index (κ1) is 15.6. The summed E-state index contributed by atoms with van der Waals surface area (Å²) in [6, 6.07) is 11.7. The third kappa shape index (κ3) is 3.67. The third-order valence-corrected chi connectivity index (χ3v) is 4.73. The number of aryl methyl sites for hydroxylation is 1. The van der Waals surface area contributed by atoms with Gasteiger partial charge in [-0.2, -0.15) is 0 Å². The fourth-order valence-corrected chi connectivity index (χ4v) is 2.51. The summed E-state index contributed by atoms with van der Waals surface area (Å²) in [6.45, 7) is 2.44. The molecule has 5 heteroatoms. The molecule has 0 aromatic heterocycles. The van der Waals surface area contributed by atoms with Crippen LogP contribution in [0.25, 0.3) is 0 Å². The maximum Gasteiger partial charge on any atom is 0.0636 e. The van der Waals surface area contributed by atoms with Crippen molar-refractivity contribution in [2.75, 3.05) is 11.9 Å². The molecule has 0 saturated carbocycles. The van der Waals surface area contributed by atoms with E-state index in [0.29, 0.717) is 11.6 Å². The van der Waals surface area contributed by atoms with Crippen LogP contribution in [0.4, 0.5) is 5.69 Å². The molecule has 2 aromatic carbocycles. The summed E-state index contributed by atoms with van der Waals surface area (Å²) < 4.78 is 0.872. The van der Waals surface area contributed by atoms with Crippen LogP contribution in [-0.2, 0) is 0 Å². The van der Waals surface area contributed by atoms with Crippen LogP contribution in [0, 0.1) is 6.92 Å². The van der Waals surface area contributed by atoms with E-state index in [4.69, 9.17) is 28.9 Å². The van der Waals surface area contributed by atoms with Gasteiger partial charge in [0.1, 0.15) is 0 Å². The molecule has 1 unspecified atom stereocenters. The van der Waals surface area contributed by atoms with Gasteiger partial charge in [0, 0.05) is 21.7 Å². The lowest BCUT2D eigenvalue weighted by Crippen LogP contribution is -2.20. The first-order valence-corrected chi connectivity index (χ1v) is 7.74. The lowest BCUT2D eigenvalue weighted by Gasteiger charge is -2.19. The Morgan fingerprint density at radius 2 is 1.90 bits per heavy atom. The lowest BCUT2D eigenvalue weighted by atomic mass is 10.1. The summed E-state index contributed by atoms with van der Waals surface area (Å²) in [4.78, 5) is 0. The van der Waals surface area contributed by atoms with Crippen molar-refractivity contribution in [1.29, 1.82) is 0 Å². The fraction of sp³-hybridized carbons (Fsp3) is 0.200. The van der Waals surface area contributed by atoms with Gasteiger partial charge in [0.2, 0.25) is 0 Å². The Bertz CT molecular complexity index is 617. The maximum absolute atomic E-state index is 6.13. The number of benzene rings is 2. The number of hydrogen-bond acceptors (Lipinski definition) is 2. The molecule has 0 aliphatic rings. The van der Waals surface area contributed by atoms with Crippen LogP contribution in [0.15, 0.2) is 40.9 Å². The largest absolute Gasteiger partial charge is 0.377 e. The molecule has 3 N–H and O–H groups in total. The molecule has 0 radical (unpaired) electrons. The summed E-state index contributed by atoms with van der Waals surface area (Å²) >= 11 is 15.6. The molecule has 0 aliphatic carbocycles. The van der Waals surface area contributed by atoms with Gasteiger partial charge in [-0.05, 0) is 58.2 Å². The van der Waals surface area contributed by atoms with Crippen molar-refractivity contribution in [3.8, 4) is 0 Å². The monoisotopic (exact) mass is 372 g/mol. The number of halogens is 3. The Hall–Kier alpha value is -0.740. The second-order valence-corrected chi connectivity index (χ2v) is 6.24. The second-order valence-electron chi connectivity index (χ2n) is 4.57. The standard InChI is InChI=1S/C15H15BrCl2N2/c1-9-2-4-11(7-13(9)17)20-15(8-19)10-3-5-12(16)14(18)6-10/h2-7,15,20H,8,19H2,1H3. The summed E-state index contributed by atoms with van der Waals surface area (Å²) in [5, 5.41) is 4.78. The summed E-state index contributed by atoms with van der Waals surface area (Å²) in [5.74, 6) is 0. The highest BCUT2D eigenvalue weighted by Crippen LogP contribution is 2.28. The average molecular weight is 374 g/mol. The Morgan fingerprint density at radius 1 is 1.15 bits per heavy atom. The quantitative estimate of drug-likeness (QED) is 0.775. The van der Waals surface area contributed by atoms with Gasteiger partial charge in [0.05, 0.1) is 11.1 Å². The average Bonchev–Trinajstić information content (AvgIpc) is 2.43. The van der Waals surface area contributed by atoms with Gasteiger partial charge < -0.3 is 11.1 Å². The molecule has 0 aliphatic heterocycles. The number of hydrogen-bond donors (Lipinski definition) is 2. The van der Waals surface area contributed by atoms with Crippen molar-refractivity contribution in [1.82, 2.24) is 0 Å². The molecule has 2 nitrogen and oxygen atoms in total. The molecule has 106 valence electrons. The predicted octanol–water partition coefficient (Wildman–Crippen LogP) is 5.18. The topological polar surface area (TPSA) is 38.0 Å². The minimum Gasteiger partial charge on any atom is -0.377 e. The Labute approximate surface area is 137 Å². The van der Waals surface area contributed by atoms with Crippen molar-refractivity contribution in [2.24, 2.45) is 5.73 Å². The van der Waals surface area contributed by atoms with Crippen molar-refractivity contribution >= 4 is 44.8 Å². The first-order valence-electron chi connectivity index (χ1n) is 6.19. The number of nitrogens with one attached hydrogen (secondary N) is 1. The van der Waals surface area contributed by atoms with E-state index in [0.717, 1.165) is 26.3 Å². The fourth-order valence-electron chi connectivity index (χ4n) is 1.89. The van der Waals surface area contributed by atoms with E-state index < -0.39 is 0 Å². The lowest BCUT2D eigenvalue weighted by molar-refractivity contribution is 0.790. The highest BCUT2D eigenvalue weighted by Gasteiger charge is 2.11. The van der Waals surface area contributed by atoms with Gasteiger partial charge in [-0.1, -0.05) is 35.3 Å². The van der Waals surface area contributed by atoms with Gasteiger partial charge in [0.15, 0.2) is 0 Å². The van der Waals surface area contributed by atoms with E-state index in [2.05, 4.69) is 21.2 Å². The predicted molar refractivity (Wildman–Crippen MR) is 90.8 cm³/mol. The Morgan fingerprint density at radius 3 is 2.50 bits per heavy atom. The maximum atomic E-state index is 6.13. The minimum absolute atomic E-state index is 0.0145. The molecular formula is C15H15BrCl2N2. The molecule has 0 saturated heterocycles. The van der Waals surface area contributed by atoms with Crippen molar-refractivity contribution < 1.29 is 0 Å². The summed E-state index contributed by atoms with van der Waals surface area (Å²) in [5.41, 5.74) is 8.89. The molecule has 1 atom stereocenters. The van der Waals surface area contributed by atoms with Crippen molar-refractivity contribution in [3.63, 3.8) is 0 Å². The van der Waals surface area contributed by atoms with Crippen molar-refractivity contribution in [3.05, 3.63) is 62.0 Å². The van der Waals surface area contributed by atoms with Crippen molar-refractivity contribution in [2.45, 2.75) is 13.0 Å². The van der Waals surface area contributed by atoms with Crippen LogP contribution >= 0.6 is 39.1 Å². The van der Waals surface area contributed by atoms with Gasteiger partial charge in [-0.15, -0.1) is 0 Å². The molecule has 0 bridgehead atoms. The molecule has 20 heavy (non-hydrogen) atoms. The van der Waals surface area contributed by atoms with E-state index in [-0.39, 0.29) is 6.04 Å². The highest BCUT2D eigenvalue weighted by molar-refractivity contribution is 9.10. The van der Waals surface area contributed by atoms with Gasteiger partial charge in [-0.3, -0.25) is 0 Å². The molecule has 2 rings (SSSR count). The second kappa shape index (κ2) is 6.81. The number of anilines is 1. The molecule has 0 fully saturated rings. The van der Waals surface area contributed by atoms with Gasteiger partial charge >= 0.3 is 0 Å². The Kier molecular flexibility index (Phi) is 5.33. The van der Waals surface area contributed by atoms with Crippen LogP contribution in [0.5, 0.6) is 0 Å². The van der Waals surface area contributed by atoms with E-state index in [1.165, 1.54) is 0 Å². The van der Waals surface area contributed by atoms with Crippen LogP contribution < -0.4 is 11.1 Å². The summed E-state index contributed by atoms with van der Waals surface area (Å²) in [7, 11) is 0. The zero-order valence-electron chi connectivity index (χ0n) is 11.0. The summed E-state index contributed by atoms with van der Waals surface area (Å²) in [6.07, 6.45) is 0. The Balaban J connectivity index is 2.23. The molecular weight excluding hydrogens is 359 g/mol. The van der Waals surface area contributed by atoms with E-state index >= 15 is 0 Å². The van der Waals surface area contributed by atoms with Gasteiger partial charge in [0.25, 0.3) is 0 Å². The zero-order chi connectivity index (χ0) is 14.7. The first-order chi connectivity index (χ1) is 9.51. The SMILES string of the molecule is Cc1ccc(NC(CN)c2ccc(Br)c(Cl)c2)cc1Cl. The smallest absolute Gasteiger partial charge is 0.0636 e. The minimum atomic E-state index is -0.0145. The van der Waals surface area contributed by atoms with Crippen LogP contribution in [-0.4, -0.2) is 6.54 Å². The molecule has 0 heterocycles. The van der Waals surface area contributed by atoms with E-state index in [9.17, 15) is 0 Å².